The Labute approximate surface area is 119 Å². The van der Waals surface area contributed by atoms with E-state index in [1.807, 2.05) is 20.9 Å². The van der Waals surface area contributed by atoms with E-state index in [4.69, 9.17) is 10.2 Å². The highest BCUT2D eigenvalue weighted by Gasteiger charge is 2.11. The summed E-state index contributed by atoms with van der Waals surface area (Å²) in [5, 5.41) is 5.51. The Morgan fingerprint density at radius 3 is 2.80 bits per heavy atom. The molecule has 0 spiro atoms. The zero-order chi connectivity index (χ0) is 14.3. The molecule has 0 aliphatic heterocycles. The zero-order valence-corrected chi connectivity index (χ0v) is 12.2. The molecule has 0 radical (unpaired) electrons. The highest BCUT2D eigenvalue weighted by atomic mass is 32.2. The second kappa shape index (κ2) is 4.78. The van der Waals surface area contributed by atoms with Crippen LogP contribution in [0.15, 0.2) is 15.8 Å². The third kappa shape index (κ3) is 2.22. The van der Waals surface area contributed by atoms with Crippen molar-refractivity contribution in [1.29, 1.82) is 0 Å². The van der Waals surface area contributed by atoms with Crippen LogP contribution in [0.4, 0.5) is 5.82 Å². The minimum atomic E-state index is 0.443. The normalized spacial score (nSPS) is 11.3. The predicted molar refractivity (Wildman–Crippen MR) is 76.3 cm³/mol. The Hall–Kier alpha value is -2.09. The van der Waals surface area contributed by atoms with Crippen LogP contribution in [0.1, 0.15) is 17.3 Å². The summed E-state index contributed by atoms with van der Waals surface area (Å²) < 4.78 is 7.19. The number of oxazole rings is 1. The number of aryl methyl sites for hydroxylation is 3. The van der Waals surface area contributed by atoms with Gasteiger partial charge in [0, 0.05) is 7.05 Å². The molecule has 0 saturated carbocycles. The van der Waals surface area contributed by atoms with Gasteiger partial charge in [0.2, 0.25) is 0 Å². The van der Waals surface area contributed by atoms with E-state index in [2.05, 4.69) is 20.1 Å². The largest absolute Gasteiger partial charge is 0.437 e. The number of hydrogen-bond acceptors (Lipinski definition) is 7. The molecule has 3 heterocycles. The number of anilines is 1. The first kappa shape index (κ1) is 12.9. The van der Waals surface area contributed by atoms with Crippen LogP contribution in [-0.4, -0.2) is 24.7 Å². The van der Waals surface area contributed by atoms with Crippen LogP contribution in [0.3, 0.4) is 0 Å². The molecule has 0 saturated heterocycles. The molecule has 0 aliphatic carbocycles. The van der Waals surface area contributed by atoms with E-state index >= 15 is 0 Å². The minimum Gasteiger partial charge on any atom is -0.437 e. The predicted octanol–water partition coefficient (Wildman–Crippen LogP) is 1.84. The van der Waals surface area contributed by atoms with E-state index in [1.165, 1.54) is 11.8 Å². The molecular weight excluding hydrogens is 276 g/mol. The maximum Gasteiger partial charge on any atom is 0.256 e. The highest BCUT2D eigenvalue weighted by Crippen LogP contribution is 2.24. The molecule has 0 atom stereocenters. The van der Waals surface area contributed by atoms with Gasteiger partial charge >= 0.3 is 0 Å². The van der Waals surface area contributed by atoms with Crippen molar-refractivity contribution < 1.29 is 4.42 Å². The first-order valence-electron chi connectivity index (χ1n) is 6.05. The second-order valence-corrected chi connectivity index (χ2v) is 5.37. The lowest BCUT2D eigenvalue weighted by atomic mass is 10.4. The molecule has 0 aliphatic rings. The Morgan fingerprint density at radius 1 is 1.30 bits per heavy atom. The Balaban J connectivity index is 1.85. The molecule has 0 bridgehead atoms. The van der Waals surface area contributed by atoms with Gasteiger partial charge in [-0.2, -0.15) is 5.10 Å². The van der Waals surface area contributed by atoms with Crippen molar-refractivity contribution in [3.8, 4) is 0 Å². The minimum absolute atomic E-state index is 0.443. The van der Waals surface area contributed by atoms with Gasteiger partial charge in [-0.1, -0.05) is 11.8 Å². The molecule has 104 valence electrons. The molecule has 3 rings (SSSR count). The average molecular weight is 290 g/mol. The van der Waals surface area contributed by atoms with Gasteiger partial charge < -0.3 is 10.2 Å². The van der Waals surface area contributed by atoms with E-state index in [-0.39, 0.29) is 0 Å². The SMILES string of the molecule is Cc1nc(SCc2nc(N)c3cnn(C)c3n2)oc1C. The Kier molecular flexibility index (Phi) is 3.09. The number of hydrogen-bond donors (Lipinski definition) is 1. The lowest BCUT2D eigenvalue weighted by Crippen LogP contribution is -2.01. The van der Waals surface area contributed by atoms with Crippen LogP contribution >= 0.6 is 11.8 Å². The van der Waals surface area contributed by atoms with Gasteiger partial charge in [0.25, 0.3) is 5.22 Å². The van der Waals surface area contributed by atoms with E-state index < -0.39 is 0 Å². The lowest BCUT2D eigenvalue weighted by Gasteiger charge is -2.01. The molecule has 0 amide bonds. The van der Waals surface area contributed by atoms with Crippen LogP contribution in [0, 0.1) is 13.8 Å². The molecule has 20 heavy (non-hydrogen) atoms. The van der Waals surface area contributed by atoms with E-state index in [0.29, 0.717) is 22.6 Å². The summed E-state index contributed by atoms with van der Waals surface area (Å²) in [6.07, 6.45) is 1.67. The molecular formula is C12H14N6OS. The molecule has 3 aromatic heterocycles. The summed E-state index contributed by atoms with van der Waals surface area (Å²) in [5.74, 6) is 2.45. The van der Waals surface area contributed by atoms with E-state index in [1.54, 1.807) is 10.9 Å². The number of nitrogens with two attached hydrogens (primary N) is 1. The van der Waals surface area contributed by atoms with Gasteiger partial charge in [-0.15, -0.1) is 0 Å². The lowest BCUT2D eigenvalue weighted by molar-refractivity contribution is 0.431. The fourth-order valence-corrected chi connectivity index (χ4v) is 2.55. The molecule has 2 N–H and O–H groups in total. The number of rotatable bonds is 3. The zero-order valence-electron chi connectivity index (χ0n) is 11.4. The first-order valence-corrected chi connectivity index (χ1v) is 7.04. The molecule has 0 aromatic carbocycles. The maximum atomic E-state index is 5.91. The summed E-state index contributed by atoms with van der Waals surface area (Å²) in [4.78, 5) is 13.1. The van der Waals surface area contributed by atoms with Gasteiger partial charge in [0.05, 0.1) is 23.0 Å². The van der Waals surface area contributed by atoms with Gasteiger partial charge in [-0.05, 0) is 13.8 Å². The number of nitrogen functional groups attached to an aromatic ring is 1. The van der Waals surface area contributed by atoms with Crippen molar-refractivity contribution in [2.75, 3.05) is 5.73 Å². The standard InChI is InChI=1S/C12H14N6OS/c1-6-7(2)19-12(15-6)20-5-9-16-10(13)8-4-14-18(3)11(8)17-9/h4H,5H2,1-3H3,(H2,13,16,17). The second-order valence-electron chi connectivity index (χ2n) is 4.44. The van der Waals surface area contributed by atoms with Gasteiger partial charge in [0.1, 0.15) is 17.4 Å². The fourth-order valence-electron chi connectivity index (χ4n) is 1.79. The van der Waals surface area contributed by atoms with Gasteiger partial charge in [-0.25, -0.2) is 15.0 Å². The van der Waals surface area contributed by atoms with Crippen LogP contribution in [0.2, 0.25) is 0 Å². The van der Waals surface area contributed by atoms with Crippen LogP contribution in [0.25, 0.3) is 11.0 Å². The number of nitrogens with zero attached hydrogens (tertiary/aromatic N) is 5. The smallest absolute Gasteiger partial charge is 0.256 e. The first-order chi connectivity index (χ1) is 9.54. The van der Waals surface area contributed by atoms with Crippen molar-refractivity contribution >= 4 is 28.6 Å². The van der Waals surface area contributed by atoms with Crippen molar-refractivity contribution in [2.45, 2.75) is 24.8 Å². The summed E-state index contributed by atoms with van der Waals surface area (Å²) in [6.45, 7) is 3.81. The Bertz CT molecular complexity index is 758. The number of fused-ring (bicyclic) bond motifs is 1. The van der Waals surface area contributed by atoms with Crippen LogP contribution in [-0.2, 0) is 12.8 Å². The molecule has 0 unspecified atom stereocenters. The van der Waals surface area contributed by atoms with Crippen molar-refractivity contribution in [3.63, 3.8) is 0 Å². The van der Waals surface area contributed by atoms with Gasteiger partial charge in [-0.3, -0.25) is 4.68 Å². The van der Waals surface area contributed by atoms with Crippen molar-refractivity contribution in [1.82, 2.24) is 24.7 Å². The quantitative estimate of drug-likeness (QED) is 0.735. The molecule has 8 heteroatoms. The van der Waals surface area contributed by atoms with Crippen LogP contribution < -0.4 is 5.73 Å². The fraction of sp³-hybridized carbons (Fsp3) is 0.333. The number of thioether (sulfide) groups is 1. The average Bonchev–Trinajstić information content (AvgIpc) is 2.92. The van der Waals surface area contributed by atoms with Crippen molar-refractivity contribution in [3.05, 3.63) is 23.5 Å². The summed E-state index contributed by atoms with van der Waals surface area (Å²) in [7, 11) is 1.83. The topological polar surface area (TPSA) is 95.7 Å². The summed E-state index contributed by atoms with van der Waals surface area (Å²) in [5.41, 5.74) is 7.54. The van der Waals surface area contributed by atoms with Crippen LogP contribution in [0.5, 0.6) is 0 Å². The molecule has 7 nitrogen and oxygen atoms in total. The third-order valence-electron chi connectivity index (χ3n) is 3.00. The number of aromatic nitrogens is 5. The van der Waals surface area contributed by atoms with E-state index in [0.717, 1.165) is 22.5 Å². The monoisotopic (exact) mass is 290 g/mol. The molecule has 3 aromatic rings. The Morgan fingerprint density at radius 2 is 2.10 bits per heavy atom. The third-order valence-corrected chi connectivity index (χ3v) is 3.83. The summed E-state index contributed by atoms with van der Waals surface area (Å²) >= 11 is 1.45. The maximum absolute atomic E-state index is 5.91. The van der Waals surface area contributed by atoms with Crippen molar-refractivity contribution in [2.24, 2.45) is 7.05 Å². The van der Waals surface area contributed by atoms with E-state index in [9.17, 15) is 0 Å². The molecule has 0 fully saturated rings. The van der Waals surface area contributed by atoms with Gasteiger partial charge in [0.15, 0.2) is 5.65 Å². The highest BCUT2D eigenvalue weighted by molar-refractivity contribution is 7.98. The summed E-state index contributed by atoms with van der Waals surface area (Å²) in [6, 6.07) is 0.